The Morgan fingerprint density at radius 2 is 1.06 bits per heavy atom. The first-order chi connectivity index (χ1) is 26.3. The smallest absolute Gasteiger partial charge is 0.463 e. The number of allylic oxidation sites excluding steroid dienone is 14. The summed E-state index contributed by atoms with van der Waals surface area (Å²) in [6, 6.07) is 0. The molecule has 0 aliphatic heterocycles. The maximum atomic E-state index is 12.1. The van der Waals surface area contributed by atoms with Gasteiger partial charge < -0.3 is 20.1 Å². The monoisotopic (exact) mass is 776 g/mol. The number of aliphatic hydroxyl groups excluding tert-OH is 1. The Hall–Kier alpha value is -2.81. The zero-order valence-electron chi connectivity index (χ0n) is 33.6. The second kappa shape index (κ2) is 39.9. The molecule has 0 fully saturated rings. The van der Waals surface area contributed by atoms with E-state index < -0.39 is 26.5 Å². The quantitative estimate of drug-likeness (QED) is 0.0246. The number of phosphoric ester groups is 1. The molecule has 54 heavy (non-hydrogen) atoms. The third-order valence-corrected chi connectivity index (χ3v) is 9.02. The van der Waals surface area contributed by atoms with Gasteiger partial charge in [0, 0.05) is 19.4 Å². The molecule has 0 spiro atoms. The van der Waals surface area contributed by atoms with Crippen LogP contribution in [0.4, 0.5) is 0 Å². The molecule has 10 heteroatoms. The number of nitrogens with one attached hydrogen (secondary N) is 1. The van der Waals surface area contributed by atoms with Gasteiger partial charge in [-0.05, 0) is 83.5 Å². The van der Waals surface area contributed by atoms with E-state index in [0.29, 0.717) is 6.42 Å². The van der Waals surface area contributed by atoms with Gasteiger partial charge in [0.05, 0.1) is 13.2 Å². The summed E-state index contributed by atoms with van der Waals surface area (Å²) in [5.41, 5.74) is 0. The number of rotatable bonds is 37. The minimum absolute atomic E-state index is 0.0611. The lowest BCUT2D eigenvalue weighted by molar-refractivity contribution is -0.147. The van der Waals surface area contributed by atoms with Crippen molar-refractivity contribution in [1.29, 1.82) is 0 Å². The molecule has 3 N–H and O–H groups in total. The van der Waals surface area contributed by atoms with E-state index in [9.17, 15) is 24.2 Å². The zero-order chi connectivity index (χ0) is 39.6. The van der Waals surface area contributed by atoms with E-state index in [-0.39, 0.29) is 32.1 Å². The summed E-state index contributed by atoms with van der Waals surface area (Å²) < 4.78 is 26.8. The molecule has 0 rings (SSSR count). The molecule has 0 saturated heterocycles. The van der Waals surface area contributed by atoms with Crippen molar-refractivity contribution in [3.63, 3.8) is 0 Å². The average molecular weight is 776 g/mol. The van der Waals surface area contributed by atoms with Gasteiger partial charge in [-0.2, -0.15) is 0 Å². The highest BCUT2D eigenvalue weighted by Crippen LogP contribution is 2.42. The van der Waals surface area contributed by atoms with E-state index in [2.05, 4.69) is 104 Å². The number of hydrogen-bond acceptors (Lipinski definition) is 7. The normalized spacial score (nSPS) is 14.2. The summed E-state index contributed by atoms with van der Waals surface area (Å²) in [4.78, 5) is 33.8. The van der Waals surface area contributed by atoms with Gasteiger partial charge in [-0.1, -0.05) is 137 Å². The number of hydrogen-bond donors (Lipinski definition) is 3. The molecule has 0 aromatic heterocycles. The van der Waals surface area contributed by atoms with Crippen LogP contribution < -0.4 is 5.32 Å². The number of carbonyl (C=O) groups excluding carboxylic acids is 2. The van der Waals surface area contributed by atoms with Gasteiger partial charge in [-0.15, -0.1) is 0 Å². The van der Waals surface area contributed by atoms with Crippen LogP contribution in [0.25, 0.3) is 0 Å². The van der Waals surface area contributed by atoms with Gasteiger partial charge in [0.15, 0.2) is 0 Å². The third-order valence-electron chi connectivity index (χ3n) is 8.04. The van der Waals surface area contributed by atoms with Crippen molar-refractivity contribution in [3.8, 4) is 0 Å². The van der Waals surface area contributed by atoms with E-state index in [0.717, 1.165) is 116 Å². The van der Waals surface area contributed by atoms with E-state index in [1.54, 1.807) is 0 Å². The molecule has 2 atom stereocenters. The molecular weight excluding hydrogens is 701 g/mol. The summed E-state index contributed by atoms with van der Waals surface area (Å²) in [5.74, 6) is -0.562. The number of esters is 1. The molecule has 0 aliphatic carbocycles. The average Bonchev–Trinajstić information content (AvgIpc) is 3.16. The summed E-state index contributed by atoms with van der Waals surface area (Å²) in [5, 5.41) is 12.6. The molecule has 2 unspecified atom stereocenters. The Kier molecular flexibility index (Phi) is 37.8. The summed E-state index contributed by atoms with van der Waals surface area (Å²) in [7, 11) is -4.43. The number of phosphoric acid groups is 1. The van der Waals surface area contributed by atoms with Crippen LogP contribution in [0.3, 0.4) is 0 Å². The fourth-order valence-corrected chi connectivity index (χ4v) is 5.73. The van der Waals surface area contributed by atoms with Crippen LogP contribution in [0.2, 0.25) is 0 Å². The first-order valence-corrected chi connectivity index (χ1v) is 22.1. The Morgan fingerprint density at radius 1 is 0.593 bits per heavy atom. The molecule has 308 valence electrons. The zero-order valence-corrected chi connectivity index (χ0v) is 34.5. The molecule has 0 aromatic carbocycles. The van der Waals surface area contributed by atoms with Crippen LogP contribution in [-0.4, -0.2) is 54.3 Å². The number of carbonyl (C=O) groups is 2. The molecular formula is C44H74NO8P. The molecule has 0 heterocycles. The number of amides is 1. The highest BCUT2D eigenvalue weighted by Gasteiger charge is 2.23. The summed E-state index contributed by atoms with van der Waals surface area (Å²) >= 11 is 0. The van der Waals surface area contributed by atoms with Gasteiger partial charge in [0.25, 0.3) is 0 Å². The van der Waals surface area contributed by atoms with Gasteiger partial charge in [0.2, 0.25) is 5.91 Å². The van der Waals surface area contributed by atoms with Crippen LogP contribution in [0.15, 0.2) is 85.1 Å². The Labute approximate surface area is 328 Å². The minimum atomic E-state index is -4.43. The Balaban J connectivity index is 3.69. The van der Waals surface area contributed by atoms with Crippen molar-refractivity contribution in [2.75, 3.05) is 26.4 Å². The fraction of sp³-hybridized carbons (Fsp3) is 0.636. The first-order valence-electron chi connectivity index (χ1n) is 20.6. The highest BCUT2D eigenvalue weighted by molar-refractivity contribution is 7.47. The molecule has 0 bridgehead atoms. The fourth-order valence-electron chi connectivity index (χ4n) is 4.97. The van der Waals surface area contributed by atoms with E-state index in [1.165, 1.54) is 6.42 Å². The Morgan fingerprint density at radius 3 is 1.61 bits per heavy atom. The lowest BCUT2D eigenvalue weighted by Crippen LogP contribution is -2.27. The lowest BCUT2D eigenvalue weighted by Gasteiger charge is -2.15. The number of aliphatic hydroxyl groups is 1. The molecule has 1 amide bonds. The van der Waals surface area contributed by atoms with Gasteiger partial charge in [-0.3, -0.25) is 18.6 Å². The third kappa shape index (κ3) is 40.4. The standard InChI is InChI=1S/C44H74NO8P/c1-3-5-7-9-11-13-15-16-17-18-19-20-21-22-23-24-25-26-27-28-30-32-34-36-43(47)45-38-39-52-54(49,50)53-41-42(46)40-51-44(48)37-35-33-31-29-14-12-10-8-6-4-2/h5,7-8,10-11,13,16-17,19-20,22-23,25-26,42,46H,3-4,6,9,12,14-15,18,21,24,27-41H2,1-2H3,(H,45,47)(H,49,50)/b7-5-,10-8-,13-11-,17-16-,20-19-,23-22-,26-25-. The van der Waals surface area contributed by atoms with Crippen LogP contribution >= 0.6 is 7.82 Å². The molecule has 0 aromatic rings. The van der Waals surface area contributed by atoms with Crippen LogP contribution in [0, 0.1) is 0 Å². The largest absolute Gasteiger partial charge is 0.472 e. The minimum Gasteiger partial charge on any atom is -0.463 e. The lowest BCUT2D eigenvalue weighted by atomic mass is 10.1. The van der Waals surface area contributed by atoms with Crippen molar-refractivity contribution < 1.29 is 37.9 Å². The van der Waals surface area contributed by atoms with Gasteiger partial charge >= 0.3 is 13.8 Å². The first kappa shape index (κ1) is 51.2. The molecule has 0 aliphatic rings. The van der Waals surface area contributed by atoms with E-state index in [1.807, 2.05) is 0 Å². The van der Waals surface area contributed by atoms with Crippen molar-refractivity contribution in [2.24, 2.45) is 0 Å². The van der Waals surface area contributed by atoms with Gasteiger partial charge in [-0.25, -0.2) is 4.57 Å². The van der Waals surface area contributed by atoms with Crippen LogP contribution in [0.5, 0.6) is 0 Å². The maximum Gasteiger partial charge on any atom is 0.472 e. The van der Waals surface area contributed by atoms with Crippen molar-refractivity contribution in [3.05, 3.63) is 85.1 Å². The Bertz CT molecular complexity index is 1160. The van der Waals surface area contributed by atoms with Crippen LogP contribution in [0.1, 0.15) is 149 Å². The predicted molar refractivity (Wildman–Crippen MR) is 224 cm³/mol. The topological polar surface area (TPSA) is 131 Å². The van der Waals surface area contributed by atoms with Crippen molar-refractivity contribution in [2.45, 2.75) is 155 Å². The predicted octanol–water partition coefficient (Wildman–Crippen LogP) is 11.3. The van der Waals surface area contributed by atoms with Gasteiger partial charge in [0.1, 0.15) is 12.7 Å². The maximum absolute atomic E-state index is 12.1. The molecule has 9 nitrogen and oxygen atoms in total. The highest BCUT2D eigenvalue weighted by atomic mass is 31.2. The number of unbranched alkanes of at least 4 members (excludes halogenated alkanes) is 10. The second-order valence-electron chi connectivity index (χ2n) is 13.2. The SMILES string of the molecule is CC/C=C\C/C=C\C/C=C\C/C=C\C/C=C\C/C=C\CCCCCCC(=O)NCCOP(=O)(O)OCC(O)COC(=O)CCCCCCC/C=C\CCC. The summed E-state index contributed by atoms with van der Waals surface area (Å²) in [6.45, 7) is 3.30. The van der Waals surface area contributed by atoms with Crippen LogP contribution in [-0.2, 0) is 27.9 Å². The molecule has 0 saturated carbocycles. The van der Waals surface area contributed by atoms with Crippen molar-refractivity contribution in [1.82, 2.24) is 5.32 Å². The van der Waals surface area contributed by atoms with Crippen molar-refractivity contribution >= 4 is 19.7 Å². The van der Waals surface area contributed by atoms with E-state index >= 15 is 0 Å². The van der Waals surface area contributed by atoms with E-state index in [4.69, 9.17) is 13.8 Å². The summed E-state index contributed by atoms with van der Waals surface area (Å²) in [6.07, 6.45) is 49.5. The number of ether oxygens (including phenoxy) is 1. The molecule has 0 radical (unpaired) electrons. The second-order valence-corrected chi connectivity index (χ2v) is 14.7.